The van der Waals surface area contributed by atoms with Gasteiger partial charge in [0, 0.05) is 52.8 Å². The summed E-state index contributed by atoms with van der Waals surface area (Å²) in [5, 5.41) is 10.3. The molecule has 1 aliphatic rings. The molecule has 0 radical (unpaired) electrons. The van der Waals surface area contributed by atoms with Crippen LogP contribution in [-0.4, -0.2) is 9.13 Å². The molecule has 2 nitrogen and oxygen atoms in total. The van der Waals surface area contributed by atoms with Gasteiger partial charge in [0.05, 0.1) is 27.8 Å². The van der Waals surface area contributed by atoms with Crippen LogP contribution < -0.4 is 0 Å². The first-order valence-corrected chi connectivity index (χ1v) is 19.7. The molecule has 0 unspecified atom stereocenters. The minimum Gasteiger partial charge on any atom is -0.309 e. The van der Waals surface area contributed by atoms with Gasteiger partial charge < -0.3 is 9.13 Å². The molecule has 0 N–H and O–H groups in total. The highest BCUT2D eigenvalue weighted by Gasteiger charge is 2.24. The van der Waals surface area contributed by atoms with E-state index in [0.29, 0.717) is 0 Å². The van der Waals surface area contributed by atoms with Crippen LogP contribution in [-0.2, 0) is 0 Å². The molecule has 0 bridgehead atoms. The van der Waals surface area contributed by atoms with Crippen LogP contribution >= 0.6 is 11.3 Å². The Balaban J connectivity index is 1.02. The first-order valence-electron chi connectivity index (χ1n) is 18.9. The zero-order chi connectivity index (χ0) is 35.8. The second-order valence-electron chi connectivity index (χ2n) is 14.9. The molecule has 1 aliphatic carbocycles. The number of thiophene rings is 1. The fourth-order valence-corrected chi connectivity index (χ4v) is 10.8. The van der Waals surface area contributed by atoms with Gasteiger partial charge in [-0.1, -0.05) is 121 Å². The molecule has 3 aromatic heterocycles. The number of rotatable bonds is 3. The number of benzene rings is 9. The Morgan fingerprint density at radius 2 is 0.909 bits per heavy atom. The largest absolute Gasteiger partial charge is 0.309 e. The molecule has 0 spiro atoms. The van der Waals surface area contributed by atoms with E-state index < -0.39 is 0 Å². The van der Waals surface area contributed by atoms with Crippen molar-refractivity contribution in [3.05, 3.63) is 182 Å². The lowest BCUT2D eigenvalue weighted by atomic mass is 10.0. The van der Waals surface area contributed by atoms with Crippen molar-refractivity contribution in [2.45, 2.75) is 0 Å². The second kappa shape index (κ2) is 10.8. The molecule has 3 heterocycles. The van der Waals surface area contributed by atoms with Gasteiger partial charge in [0.1, 0.15) is 0 Å². The highest BCUT2D eigenvalue weighted by Crippen LogP contribution is 2.49. The Morgan fingerprint density at radius 1 is 0.309 bits per heavy atom. The molecule has 254 valence electrons. The number of hydrogen-bond donors (Lipinski definition) is 0. The molecule has 0 saturated carbocycles. The SMILES string of the molecule is c1ccc2c(c1)-c1cccc3c(-n4c5ccccc5c5ccc(-c6ccc7c(c6)c6ccccc6n7-c6ccc7sc8ccccc8c7c6)cc54)ccc-2c13. The Bertz CT molecular complexity index is 3580. The number of fused-ring (bicyclic) bond motifs is 12. The zero-order valence-corrected chi connectivity index (χ0v) is 30.4. The van der Waals surface area contributed by atoms with E-state index in [-0.39, 0.29) is 0 Å². The highest BCUT2D eigenvalue weighted by molar-refractivity contribution is 7.25. The Kier molecular flexibility index (Phi) is 5.80. The lowest BCUT2D eigenvalue weighted by Gasteiger charge is -2.14. The van der Waals surface area contributed by atoms with Gasteiger partial charge in [0.25, 0.3) is 0 Å². The first-order chi connectivity index (χ1) is 27.3. The van der Waals surface area contributed by atoms with E-state index >= 15 is 0 Å². The lowest BCUT2D eigenvalue weighted by Crippen LogP contribution is -1.96. The Labute approximate surface area is 320 Å². The quantitative estimate of drug-likeness (QED) is 0.172. The molecule has 0 amide bonds. The van der Waals surface area contributed by atoms with Crippen LogP contribution in [0.3, 0.4) is 0 Å². The molecule has 0 aliphatic heterocycles. The average molecular weight is 715 g/mol. The van der Waals surface area contributed by atoms with Gasteiger partial charge in [-0.05, 0) is 99.4 Å². The van der Waals surface area contributed by atoms with Crippen molar-refractivity contribution in [1.82, 2.24) is 9.13 Å². The van der Waals surface area contributed by atoms with Crippen molar-refractivity contribution in [3.63, 3.8) is 0 Å². The van der Waals surface area contributed by atoms with Gasteiger partial charge in [0.15, 0.2) is 0 Å². The average Bonchev–Trinajstić information content (AvgIpc) is 3.98. The summed E-state index contributed by atoms with van der Waals surface area (Å²) in [5.41, 5.74) is 15.0. The fraction of sp³-hybridized carbons (Fsp3) is 0. The Morgan fingerprint density at radius 3 is 1.76 bits per heavy atom. The normalized spacial score (nSPS) is 12.4. The van der Waals surface area contributed by atoms with Crippen molar-refractivity contribution in [1.29, 1.82) is 0 Å². The summed E-state index contributed by atoms with van der Waals surface area (Å²) in [7, 11) is 0. The van der Waals surface area contributed by atoms with Gasteiger partial charge in [-0.2, -0.15) is 0 Å². The molecular weight excluding hydrogens is 685 g/mol. The van der Waals surface area contributed by atoms with Crippen LogP contribution in [0.25, 0.3) is 119 Å². The van der Waals surface area contributed by atoms with Gasteiger partial charge in [0.2, 0.25) is 0 Å². The van der Waals surface area contributed by atoms with Crippen molar-refractivity contribution in [2.75, 3.05) is 0 Å². The topological polar surface area (TPSA) is 9.86 Å². The molecule has 0 atom stereocenters. The predicted molar refractivity (Wildman–Crippen MR) is 235 cm³/mol. The lowest BCUT2D eigenvalue weighted by molar-refractivity contribution is 1.19. The van der Waals surface area contributed by atoms with Crippen LogP contribution in [0.2, 0.25) is 0 Å². The van der Waals surface area contributed by atoms with Gasteiger partial charge in [-0.15, -0.1) is 11.3 Å². The molecule has 3 heteroatoms. The third-order valence-corrected chi connectivity index (χ3v) is 13.2. The van der Waals surface area contributed by atoms with Gasteiger partial charge >= 0.3 is 0 Å². The third kappa shape index (κ3) is 3.97. The second-order valence-corrected chi connectivity index (χ2v) is 15.9. The number of para-hydroxylation sites is 2. The van der Waals surface area contributed by atoms with Crippen LogP contribution in [0.5, 0.6) is 0 Å². The molecule has 9 aromatic carbocycles. The monoisotopic (exact) mass is 714 g/mol. The molecule has 13 rings (SSSR count). The minimum absolute atomic E-state index is 1.19. The number of nitrogens with zero attached hydrogens (tertiary/aromatic N) is 2. The van der Waals surface area contributed by atoms with Crippen LogP contribution in [0.1, 0.15) is 0 Å². The minimum atomic E-state index is 1.19. The number of hydrogen-bond acceptors (Lipinski definition) is 1. The third-order valence-electron chi connectivity index (χ3n) is 12.1. The molecule has 12 aromatic rings. The maximum atomic E-state index is 2.49. The summed E-state index contributed by atoms with van der Waals surface area (Å²) < 4.78 is 7.59. The van der Waals surface area contributed by atoms with E-state index in [9.17, 15) is 0 Å². The van der Waals surface area contributed by atoms with Crippen molar-refractivity contribution >= 4 is 85.9 Å². The highest BCUT2D eigenvalue weighted by atomic mass is 32.1. The molecule has 55 heavy (non-hydrogen) atoms. The van der Waals surface area contributed by atoms with E-state index in [0.717, 1.165) is 0 Å². The zero-order valence-electron chi connectivity index (χ0n) is 29.6. The summed E-state index contributed by atoms with van der Waals surface area (Å²) in [6, 6.07) is 67.7. The summed E-state index contributed by atoms with van der Waals surface area (Å²) in [6.07, 6.45) is 0. The van der Waals surface area contributed by atoms with Crippen LogP contribution in [0.15, 0.2) is 182 Å². The van der Waals surface area contributed by atoms with Crippen LogP contribution in [0.4, 0.5) is 0 Å². The van der Waals surface area contributed by atoms with E-state index in [2.05, 4.69) is 191 Å². The van der Waals surface area contributed by atoms with Gasteiger partial charge in [-0.25, -0.2) is 0 Å². The van der Waals surface area contributed by atoms with Crippen molar-refractivity contribution in [3.8, 4) is 44.8 Å². The standard InChI is InChI=1S/C52H30N2S/c1-2-11-35-34(10-1)40-15-9-16-42-47(26-24-41(35)52(40)42)54-46-18-7-3-12-36(46)38-23-20-32(29-49(38)54)31-21-25-48-43(28-31)37-13-4-6-17-45(37)53(48)33-22-27-51-44(30-33)39-14-5-8-19-50(39)55-51/h1-30H. The van der Waals surface area contributed by atoms with E-state index in [4.69, 9.17) is 0 Å². The summed E-state index contributed by atoms with van der Waals surface area (Å²) >= 11 is 1.87. The van der Waals surface area contributed by atoms with E-state index in [1.54, 1.807) is 0 Å². The molecule has 0 fully saturated rings. The maximum absolute atomic E-state index is 2.49. The van der Waals surface area contributed by atoms with Gasteiger partial charge in [-0.3, -0.25) is 0 Å². The summed E-state index contributed by atoms with van der Waals surface area (Å²) in [4.78, 5) is 0. The number of aromatic nitrogens is 2. The summed E-state index contributed by atoms with van der Waals surface area (Å²) in [5.74, 6) is 0. The maximum Gasteiger partial charge on any atom is 0.0547 e. The molecular formula is C52H30N2S. The first kappa shape index (κ1) is 29.5. The molecule has 0 saturated heterocycles. The fourth-order valence-electron chi connectivity index (χ4n) is 9.68. The van der Waals surface area contributed by atoms with Crippen molar-refractivity contribution in [2.24, 2.45) is 0 Å². The Hall–Kier alpha value is -6.94. The predicted octanol–water partition coefficient (Wildman–Crippen LogP) is 14.7. The van der Waals surface area contributed by atoms with Crippen molar-refractivity contribution < 1.29 is 0 Å². The van der Waals surface area contributed by atoms with E-state index in [1.807, 2.05) is 11.3 Å². The van der Waals surface area contributed by atoms with Crippen LogP contribution in [0, 0.1) is 0 Å². The smallest absolute Gasteiger partial charge is 0.0547 e. The summed E-state index contributed by atoms with van der Waals surface area (Å²) in [6.45, 7) is 0. The van der Waals surface area contributed by atoms with E-state index in [1.165, 1.54) is 119 Å².